The zero-order chi connectivity index (χ0) is 22.2. The van der Waals surface area contributed by atoms with E-state index in [2.05, 4.69) is 56.3 Å². The number of carbonyl (C=O) groups is 1. The normalized spacial score (nSPS) is 19.1. The Balaban J connectivity index is 1.17. The molecule has 2 aromatic rings. The summed E-state index contributed by atoms with van der Waals surface area (Å²) < 4.78 is 5.36. The lowest BCUT2D eigenvalue weighted by Gasteiger charge is -2.35. The summed E-state index contributed by atoms with van der Waals surface area (Å²) in [7, 11) is 0. The molecule has 3 heterocycles. The van der Waals surface area contributed by atoms with E-state index in [0.717, 1.165) is 70.8 Å². The number of hydrogen-bond donors (Lipinski definition) is 2. The van der Waals surface area contributed by atoms with E-state index in [-0.39, 0.29) is 5.91 Å². The van der Waals surface area contributed by atoms with E-state index in [1.54, 1.807) is 11.3 Å². The minimum absolute atomic E-state index is 0.00678. The second kappa shape index (κ2) is 11.8. The van der Waals surface area contributed by atoms with E-state index >= 15 is 0 Å². The third-order valence-electron chi connectivity index (χ3n) is 6.45. The molecule has 2 saturated heterocycles. The van der Waals surface area contributed by atoms with Gasteiger partial charge in [0.2, 0.25) is 0 Å². The Labute approximate surface area is 195 Å². The minimum Gasteiger partial charge on any atom is -0.379 e. The summed E-state index contributed by atoms with van der Waals surface area (Å²) in [5, 5.41) is 11.3. The van der Waals surface area contributed by atoms with E-state index in [1.807, 2.05) is 12.1 Å². The molecule has 0 aliphatic carbocycles. The van der Waals surface area contributed by atoms with Crippen molar-refractivity contribution in [2.75, 3.05) is 57.4 Å². The summed E-state index contributed by atoms with van der Waals surface area (Å²) in [4.78, 5) is 17.2. The van der Waals surface area contributed by atoms with Crippen LogP contribution in [0.25, 0.3) is 0 Å². The Bertz CT molecular complexity index is 813. The van der Waals surface area contributed by atoms with E-state index < -0.39 is 0 Å². The molecule has 174 valence electrons. The molecule has 1 aromatic heterocycles. The topological polar surface area (TPSA) is 56.8 Å². The molecule has 2 fully saturated rings. The van der Waals surface area contributed by atoms with Crippen LogP contribution >= 0.6 is 11.3 Å². The number of benzene rings is 1. The molecule has 0 spiro atoms. The molecule has 0 radical (unpaired) electrons. The molecule has 4 rings (SSSR count). The Morgan fingerprint density at radius 3 is 2.56 bits per heavy atom. The van der Waals surface area contributed by atoms with Crippen LogP contribution in [0.4, 0.5) is 5.69 Å². The first-order chi connectivity index (χ1) is 15.7. The number of nitrogens with zero attached hydrogens (tertiary/aromatic N) is 2. The summed E-state index contributed by atoms with van der Waals surface area (Å²) in [6, 6.07) is 11.4. The standard InChI is InChI=1S/C25H36N4O2S/c1-20(18-21-8-17-32-19-21)27-23-6-10-29(11-7-23)24-4-2-22(3-5-24)25(30)26-9-12-28-13-15-31-16-14-28/h2-5,8,17,19-20,23,27H,6-7,9-16,18H2,1H3,(H,26,30)/t20-/m0/s1. The molecule has 32 heavy (non-hydrogen) atoms. The van der Waals surface area contributed by atoms with E-state index in [9.17, 15) is 4.79 Å². The highest BCUT2D eigenvalue weighted by molar-refractivity contribution is 7.07. The lowest BCUT2D eigenvalue weighted by molar-refractivity contribution is 0.0383. The second-order valence-corrected chi connectivity index (χ2v) is 9.70. The highest BCUT2D eigenvalue weighted by atomic mass is 32.1. The number of anilines is 1. The van der Waals surface area contributed by atoms with Crippen LogP contribution in [0, 0.1) is 0 Å². The van der Waals surface area contributed by atoms with Gasteiger partial charge in [-0.05, 0) is 72.8 Å². The van der Waals surface area contributed by atoms with Gasteiger partial charge >= 0.3 is 0 Å². The summed E-state index contributed by atoms with van der Waals surface area (Å²) in [6.45, 7) is 9.41. The summed E-state index contributed by atoms with van der Waals surface area (Å²) in [6.07, 6.45) is 3.40. The summed E-state index contributed by atoms with van der Waals surface area (Å²) in [5.41, 5.74) is 3.37. The summed E-state index contributed by atoms with van der Waals surface area (Å²) in [5.74, 6) is 0.00678. The first-order valence-corrected chi connectivity index (χ1v) is 12.8. The van der Waals surface area contributed by atoms with Crippen LogP contribution in [-0.4, -0.2) is 75.4 Å². The van der Waals surface area contributed by atoms with Crippen LogP contribution in [0.2, 0.25) is 0 Å². The van der Waals surface area contributed by atoms with Gasteiger partial charge < -0.3 is 20.3 Å². The molecule has 1 aromatic carbocycles. The number of thiophene rings is 1. The average Bonchev–Trinajstić information content (AvgIpc) is 3.33. The largest absolute Gasteiger partial charge is 0.379 e. The SMILES string of the molecule is C[C@@H](Cc1ccsc1)NC1CCN(c2ccc(C(=O)NCCN3CCOCC3)cc2)CC1. The summed E-state index contributed by atoms with van der Waals surface area (Å²) >= 11 is 1.77. The molecule has 6 nitrogen and oxygen atoms in total. The van der Waals surface area contributed by atoms with E-state index in [1.165, 1.54) is 11.3 Å². The van der Waals surface area contributed by atoms with Crippen LogP contribution in [0.1, 0.15) is 35.7 Å². The first kappa shape index (κ1) is 23.2. The van der Waals surface area contributed by atoms with Gasteiger partial charge in [-0.2, -0.15) is 11.3 Å². The molecule has 2 N–H and O–H groups in total. The number of piperidine rings is 1. The lowest BCUT2D eigenvalue weighted by Crippen LogP contribution is -2.46. The van der Waals surface area contributed by atoms with Gasteiger partial charge in [-0.25, -0.2) is 0 Å². The van der Waals surface area contributed by atoms with E-state index in [4.69, 9.17) is 4.74 Å². The second-order valence-electron chi connectivity index (χ2n) is 8.92. The van der Waals surface area contributed by atoms with Crippen molar-refractivity contribution in [1.29, 1.82) is 0 Å². The fraction of sp³-hybridized carbons (Fsp3) is 0.560. The molecular weight excluding hydrogens is 420 g/mol. The number of morpholine rings is 1. The van der Waals surface area contributed by atoms with Crippen molar-refractivity contribution in [3.8, 4) is 0 Å². The maximum absolute atomic E-state index is 12.5. The third kappa shape index (κ3) is 6.78. The third-order valence-corrected chi connectivity index (χ3v) is 7.18. The van der Waals surface area contributed by atoms with Gasteiger partial charge in [-0.15, -0.1) is 0 Å². The van der Waals surface area contributed by atoms with Crippen molar-refractivity contribution in [2.24, 2.45) is 0 Å². The number of hydrogen-bond acceptors (Lipinski definition) is 6. The van der Waals surface area contributed by atoms with Crippen LogP contribution < -0.4 is 15.5 Å². The number of nitrogens with one attached hydrogen (secondary N) is 2. The van der Waals surface area contributed by atoms with Gasteiger partial charge in [0.1, 0.15) is 0 Å². The van der Waals surface area contributed by atoms with Crippen LogP contribution in [0.3, 0.4) is 0 Å². The first-order valence-electron chi connectivity index (χ1n) is 11.9. The molecule has 2 aliphatic heterocycles. The molecule has 0 bridgehead atoms. The fourth-order valence-electron chi connectivity index (χ4n) is 4.61. The molecule has 1 amide bonds. The maximum Gasteiger partial charge on any atom is 0.251 e. The van der Waals surface area contributed by atoms with Crippen molar-refractivity contribution in [2.45, 2.75) is 38.3 Å². The zero-order valence-electron chi connectivity index (χ0n) is 19.1. The van der Waals surface area contributed by atoms with E-state index in [0.29, 0.717) is 18.6 Å². The van der Waals surface area contributed by atoms with Crippen molar-refractivity contribution in [1.82, 2.24) is 15.5 Å². The molecule has 0 saturated carbocycles. The Morgan fingerprint density at radius 2 is 1.88 bits per heavy atom. The number of amides is 1. The number of carbonyl (C=O) groups excluding carboxylic acids is 1. The van der Waals surface area contributed by atoms with Crippen molar-refractivity contribution in [3.05, 3.63) is 52.2 Å². The maximum atomic E-state index is 12.5. The Morgan fingerprint density at radius 1 is 1.12 bits per heavy atom. The van der Waals surface area contributed by atoms with Gasteiger partial charge in [0, 0.05) is 62.6 Å². The molecule has 7 heteroatoms. The lowest BCUT2D eigenvalue weighted by atomic mass is 10.0. The quantitative estimate of drug-likeness (QED) is 0.608. The molecule has 0 unspecified atom stereocenters. The molecular formula is C25H36N4O2S. The highest BCUT2D eigenvalue weighted by Crippen LogP contribution is 2.21. The highest BCUT2D eigenvalue weighted by Gasteiger charge is 2.21. The van der Waals surface area contributed by atoms with Gasteiger partial charge in [0.25, 0.3) is 5.91 Å². The molecule has 1 atom stereocenters. The van der Waals surface area contributed by atoms with Gasteiger partial charge in [0.15, 0.2) is 0 Å². The minimum atomic E-state index is 0.00678. The van der Waals surface area contributed by atoms with Gasteiger partial charge in [0.05, 0.1) is 13.2 Å². The molecule has 2 aliphatic rings. The van der Waals surface area contributed by atoms with Crippen molar-refractivity contribution >= 4 is 22.9 Å². The van der Waals surface area contributed by atoms with Crippen LogP contribution in [0.5, 0.6) is 0 Å². The monoisotopic (exact) mass is 456 g/mol. The average molecular weight is 457 g/mol. The Kier molecular flexibility index (Phi) is 8.56. The fourth-order valence-corrected chi connectivity index (χ4v) is 5.29. The number of ether oxygens (including phenoxy) is 1. The van der Waals surface area contributed by atoms with Crippen LogP contribution in [-0.2, 0) is 11.2 Å². The number of rotatable bonds is 9. The van der Waals surface area contributed by atoms with Crippen molar-refractivity contribution < 1.29 is 9.53 Å². The van der Waals surface area contributed by atoms with Gasteiger partial charge in [-0.1, -0.05) is 0 Å². The predicted molar refractivity (Wildman–Crippen MR) is 132 cm³/mol. The van der Waals surface area contributed by atoms with Crippen LogP contribution in [0.15, 0.2) is 41.1 Å². The zero-order valence-corrected chi connectivity index (χ0v) is 19.9. The van der Waals surface area contributed by atoms with Gasteiger partial charge in [-0.3, -0.25) is 9.69 Å². The predicted octanol–water partition coefficient (Wildman–Crippen LogP) is 3.00. The Hall–Kier alpha value is -1.93. The smallest absolute Gasteiger partial charge is 0.251 e. The van der Waals surface area contributed by atoms with Crippen molar-refractivity contribution in [3.63, 3.8) is 0 Å².